The number of rotatable bonds is 6. The number of nitrogens with one attached hydrogen (secondary N) is 1. The van der Waals surface area contributed by atoms with E-state index in [1.54, 1.807) is 23.7 Å². The normalized spacial score (nSPS) is 12.1. The predicted octanol–water partition coefficient (Wildman–Crippen LogP) is 6.71. The van der Waals surface area contributed by atoms with Crippen molar-refractivity contribution < 1.29 is 9.90 Å². The summed E-state index contributed by atoms with van der Waals surface area (Å²) in [7, 11) is 0. The molecule has 4 rings (SSSR count). The summed E-state index contributed by atoms with van der Waals surface area (Å²) >= 11 is 9.03. The maximum absolute atomic E-state index is 12.8. The Labute approximate surface area is 199 Å². The van der Waals surface area contributed by atoms with Crippen molar-refractivity contribution in [1.82, 2.24) is 9.97 Å². The monoisotopic (exact) mass is 483 g/mol. The number of carbonyl (C=O) groups excluding carboxylic acids is 1. The Bertz CT molecular complexity index is 1290. The SMILES string of the molecule is CCc1sc2ncnc(SC(C)C(=O)Nc3cc(Cl)ccc3O)c2c1-c1ccc(C)cc1. The number of phenols is 1. The predicted molar refractivity (Wildman–Crippen MR) is 134 cm³/mol. The minimum absolute atomic E-state index is 0.0311. The Morgan fingerprint density at radius 3 is 2.69 bits per heavy atom. The van der Waals surface area contributed by atoms with Crippen molar-refractivity contribution in [1.29, 1.82) is 0 Å². The standard InChI is InChI=1S/C24H22ClN3O2S2/c1-4-19-20(15-7-5-13(2)6-8-15)21-23(26-12-27-24(21)32-19)31-14(3)22(30)28-17-11-16(25)9-10-18(17)29/h5-12,14,29H,4H2,1-3H3,(H,28,30). The zero-order valence-electron chi connectivity index (χ0n) is 17.8. The first kappa shape index (κ1) is 22.6. The van der Waals surface area contributed by atoms with Crippen LogP contribution < -0.4 is 5.32 Å². The van der Waals surface area contributed by atoms with Gasteiger partial charge in [0.15, 0.2) is 0 Å². The van der Waals surface area contributed by atoms with Crippen molar-refractivity contribution in [2.24, 2.45) is 0 Å². The minimum Gasteiger partial charge on any atom is -0.506 e. The average molecular weight is 484 g/mol. The van der Waals surface area contributed by atoms with Crippen LogP contribution in [0.15, 0.2) is 53.8 Å². The van der Waals surface area contributed by atoms with Gasteiger partial charge >= 0.3 is 0 Å². The van der Waals surface area contributed by atoms with Gasteiger partial charge in [-0.25, -0.2) is 9.97 Å². The third-order valence-corrected chi connectivity index (χ3v) is 7.64. The summed E-state index contributed by atoms with van der Waals surface area (Å²) in [6.07, 6.45) is 2.44. The highest BCUT2D eigenvalue weighted by molar-refractivity contribution is 8.00. The number of phenolic OH excluding ortho intramolecular Hbond substituents is 1. The van der Waals surface area contributed by atoms with E-state index in [9.17, 15) is 9.90 Å². The van der Waals surface area contributed by atoms with Crippen LogP contribution in [0.2, 0.25) is 5.02 Å². The molecule has 32 heavy (non-hydrogen) atoms. The van der Waals surface area contributed by atoms with E-state index in [2.05, 4.69) is 53.4 Å². The molecule has 0 aliphatic carbocycles. The fourth-order valence-electron chi connectivity index (χ4n) is 3.38. The zero-order chi connectivity index (χ0) is 22.8. The number of hydrogen-bond donors (Lipinski definition) is 2. The van der Waals surface area contributed by atoms with Gasteiger partial charge in [0.05, 0.1) is 16.3 Å². The number of carbonyl (C=O) groups is 1. The summed E-state index contributed by atoms with van der Waals surface area (Å²) in [6, 6.07) is 13.0. The molecule has 0 aliphatic heterocycles. The Kier molecular flexibility index (Phi) is 6.69. The van der Waals surface area contributed by atoms with E-state index in [-0.39, 0.29) is 17.3 Å². The summed E-state index contributed by atoms with van der Waals surface area (Å²) in [5.74, 6) is -0.279. The maximum Gasteiger partial charge on any atom is 0.237 e. The van der Waals surface area contributed by atoms with Crippen LogP contribution in [-0.4, -0.2) is 26.2 Å². The van der Waals surface area contributed by atoms with Crippen LogP contribution in [0, 0.1) is 6.92 Å². The van der Waals surface area contributed by atoms with Crippen LogP contribution in [0.4, 0.5) is 5.69 Å². The smallest absolute Gasteiger partial charge is 0.237 e. The van der Waals surface area contributed by atoms with E-state index in [1.165, 1.54) is 34.3 Å². The van der Waals surface area contributed by atoms with Gasteiger partial charge in [-0.05, 0) is 44.0 Å². The zero-order valence-corrected chi connectivity index (χ0v) is 20.2. The molecule has 2 heterocycles. The molecule has 1 amide bonds. The third kappa shape index (κ3) is 4.60. The molecule has 8 heteroatoms. The van der Waals surface area contributed by atoms with Gasteiger partial charge < -0.3 is 10.4 Å². The van der Waals surface area contributed by atoms with Gasteiger partial charge in [-0.15, -0.1) is 11.3 Å². The maximum atomic E-state index is 12.8. The fourth-order valence-corrected chi connectivity index (χ4v) is 5.64. The van der Waals surface area contributed by atoms with Crippen LogP contribution in [0.1, 0.15) is 24.3 Å². The Balaban J connectivity index is 1.68. The molecule has 5 nitrogen and oxygen atoms in total. The van der Waals surface area contributed by atoms with Crippen molar-refractivity contribution in [2.45, 2.75) is 37.5 Å². The number of nitrogens with zero attached hydrogens (tertiary/aromatic N) is 2. The number of aromatic hydroxyl groups is 1. The van der Waals surface area contributed by atoms with E-state index in [1.807, 2.05) is 6.92 Å². The van der Waals surface area contributed by atoms with Crippen LogP contribution in [0.25, 0.3) is 21.3 Å². The van der Waals surface area contributed by atoms with E-state index < -0.39 is 5.25 Å². The van der Waals surface area contributed by atoms with Gasteiger partial charge in [-0.2, -0.15) is 0 Å². The number of halogens is 1. The highest BCUT2D eigenvalue weighted by atomic mass is 35.5. The molecule has 0 aliphatic rings. The second-order valence-corrected chi connectivity index (χ2v) is 10.2. The Morgan fingerprint density at radius 2 is 1.97 bits per heavy atom. The molecule has 0 spiro atoms. The average Bonchev–Trinajstić information content (AvgIpc) is 3.16. The van der Waals surface area contributed by atoms with Crippen LogP contribution in [0.3, 0.4) is 0 Å². The van der Waals surface area contributed by atoms with Crippen molar-refractivity contribution in [2.75, 3.05) is 5.32 Å². The molecule has 4 aromatic rings. The number of anilines is 1. The number of aromatic nitrogens is 2. The topological polar surface area (TPSA) is 75.1 Å². The highest BCUT2D eigenvalue weighted by Gasteiger charge is 2.22. The van der Waals surface area contributed by atoms with E-state index in [4.69, 9.17) is 11.6 Å². The van der Waals surface area contributed by atoms with E-state index in [0.717, 1.165) is 32.8 Å². The summed E-state index contributed by atoms with van der Waals surface area (Å²) in [5, 5.41) is 14.5. The highest BCUT2D eigenvalue weighted by Crippen LogP contribution is 2.43. The second-order valence-electron chi connectivity index (χ2n) is 7.39. The molecule has 1 unspecified atom stereocenters. The number of hydrogen-bond acceptors (Lipinski definition) is 6. The minimum atomic E-state index is -0.456. The number of fused-ring (bicyclic) bond motifs is 1. The summed E-state index contributed by atoms with van der Waals surface area (Å²) in [4.78, 5) is 24.0. The van der Waals surface area contributed by atoms with Crippen molar-refractivity contribution in [3.63, 3.8) is 0 Å². The fraction of sp³-hybridized carbons (Fsp3) is 0.208. The number of benzene rings is 2. The molecule has 0 bridgehead atoms. The summed E-state index contributed by atoms with van der Waals surface area (Å²) in [6.45, 7) is 6.02. The first-order chi connectivity index (χ1) is 15.4. The molecule has 2 aromatic carbocycles. The van der Waals surface area contributed by atoms with Crippen molar-refractivity contribution >= 4 is 56.5 Å². The lowest BCUT2D eigenvalue weighted by atomic mass is 10.0. The number of thioether (sulfide) groups is 1. The van der Waals surface area contributed by atoms with Gasteiger partial charge in [0, 0.05) is 15.5 Å². The number of amides is 1. The Morgan fingerprint density at radius 1 is 1.22 bits per heavy atom. The van der Waals surface area contributed by atoms with Crippen LogP contribution in [0.5, 0.6) is 5.75 Å². The molecule has 1 atom stereocenters. The van der Waals surface area contributed by atoms with Gasteiger partial charge in [0.1, 0.15) is 21.9 Å². The summed E-state index contributed by atoms with van der Waals surface area (Å²) < 4.78 is 0. The number of aryl methyl sites for hydroxylation is 2. The van der Waals surface area contributed by atoms with Crippen LogP contribution >= 0.6 is 34.7 Å². The van der Waals surface area contributed by atoms with Crippen molar-refractivity contribution in [3.05, 3.63) is 64.3 Å². The molecule has 2 aromatic heterocycles. The first-order valence-electron chi connectivity index (χ1n) is 10.2. The second kappa shape index (κ2) is 9.48. The van der Waals surface area contributed by atoms with Crippen LogP contribution in [-0.2, 0) is 11.2 Å². The molecule has 0 saturated heterocycles. The van der Waals surface area contributed by atoms with Gasteiger partial charge in [0.25, 0.3) is 0 Å². The van der Waals surface area contributed by atoms with Gasteiger partial charge in [-0.3, -0.25) is 4.79 Å². The molecule has 164 valence electrons. The van der Waals surface area contributed by atoms with E-state index in [0.29, 0.717) is 5.02 Å². The lowest BCUT2D eigenvalue weighted by molar-refractivity contribution is -0.115. The lowest BCUT2D eigenvalue weighted by Gasteiger charge is -2.14. The van der Waals surface area contributed by atoms with Crippen molar-refractivity contribution in [3.8, 4) is 16.9 Å². The molecule has 0 saturated carbocycles. The summed E-state index contributed by atoms with van der Waals surface area (Å²) in [5.41, 5.74) is 3.74. The first-order valence-corrected chi connectivity index (χ1v) is 12.2. The molecule has 0 radical (unpaired) electrons. The largest absolute Gasteiger partial charge is 0.506 e. The Hall–Kier alpha value is -2.61. The van der Waals surface area contributed by atoms with Gasteiger partial charge in [0.2, 0.25) is 5.91 Å². The van der Waals surface area contributed by atoms with E-state index >= 15 is 0 Å². The molecular formula is C24H22ClN3O2S2. The quantitative estimate of drug-likeness (QED) is 0.181. The molecular weight excluding hydrogens is 462 g/mol. The molecule has 2 N–H and O–H groups in total. The molecule has 0 fully saturated rings. The van der Waals surface area contributed by atoms with Gasteiger partial charge in [-0.1, -0.05) is 60.1 Å². The number of thiophene rings is 1. The third-order valence-electron chi connectivity index (χ3n) is 5.06. The lowest BCUT2D eigenvalue weighted by Crippen LogP contribution is -2.22.